The van der Waals surface area contributed by atoms with Gasteiger partial charge < -0.3 is 29.2 Å². The van der Waals surface area contributed by atoms with Crippen molar-refractivity contribution in [1.82, 2.24) is 47.6 Å². The van der Waals surface area contributed by atoms with Crippen molar-refractivity contribution in [3.63, 3.8) is 0 Å². The number of imidazole rings is 2. The van der Waals surface area contributed by atoms with Crippen LogP contribution >= 0.6 is 51.5 Å². The van der Waals surface area contributed by atoms with Gasteiger partial charge in [-0.05, 0) is 87.8 Å². The number of ether oxygens (including phenoxy) is 4. The molecule has 0 aliphatic rings. The van der Waals surface area contributed by atoms with Gasteiger partial charge in [0.05, 0.1) is 13.1 Å². The third-order valence-corrected chi connectivity index (χ3v) is 11.3. The Kier molecular flexibility index (Phi) is 20.4. The normalized spacial score (nSPS) is 11.4. The second-order valence-electron chi connectivity index (χ2n) is 16.4. The van der Waals surface area contributed by atoms with Crippen molar-refractivity contribution >= 4 is 73.9 Å². The number of aryl methyl sites for hydroxylation is 1. The van der Waals surface area contributed by atoms with E-state index in [1.165, 1.54) is 56.6 Å². The Balaban J connectivity index is 0.000000264. The van der Waals surface area contributed by atoms with Crippen molar-refractivity contribution in [2.75, 3.05) is 40.1 Å². The van der Waals surface area contributed by atoms with E-state index in [0.717, 1.165) is 44.5 Å². The van der Waals surface area contributed by atoms with Gasteiger partial charge in [0, 0.05) is 61.2 Å². The van der Waals surface area contributed by atoms with Crippen molar-refractivity contribution in [3.05, 3.63) is 160 Å². The summed E-state index contributed by atoms with van der Waals surface area (Å²) in [6, 6.07) is 23.4. The Morgan fingerprint density at radius 3 is 1.29 bits per heavy atom. The molecule has 0 fully saturated rings. The number of nitrogens with zero attached hydrogens (tertiary/aromatic N) is 9. The predicted octanol–water partition coefficient (Wildman–Crippen LogP) is 8.79. The Labute approximate surface area is 452 Å². The summed E-state index contributed by atoms with van der Waals surface area (Å²) in [7, 11) is 10.2. The zero-order chi connectivity index (χ0) is 54.9. The van der Waals surface area contributed by atoms with Crippen LogP contribution in [-0.4, -0.2) is 95.1 Å². The fraction of sp³-hybridized carbons (Fsp3) is 0.292. The summed E-state index contributed by atoms with van der Waals surface area (Å²) >= 11 is 15.3. The highest BCUT2D eigenvalue weighted by Gasteiger charge is 2.32. The molecule has 4 aromatic heterocycles. The molecule has 0 spiro atoms. The lowest BCUT2D eigenvalue weighted by Gasteiger charge is -2.13. The Morgan fingerprint density at radius 1 is 0.592 bits per heavy atom. The van der Waals surface area contributed by atoms with E-state index in [9.17, 15) is 45.5 Å². The van der Waals surface area contributed by atoms with E-state index < -0.39 is 46.7 Å². The van der Waals surface area contributed by atoms with Crippen molar-refractivity contribution < 1.29 is 45.3 Å². The molecule has 0 aliphatic carbocycles. The largest absolute Gasteiger partial charge is 0.573 e. The van der Waals surface area contributed by atoms with E-state index in [0.29, 0.717) is 21.9 Å². The molecule has 8 aromatic rings. The van der Waals surface area contributed by atoms with Gasteiger partial charge in [-0.25, -0.2) is 9.59 Å². The number of rotatable bonds is 15. The van der Waals surface area contributed by atoms with E-state index in [4.69, 9.17) is 32.7 Å². The van der Waals surface area contributed by atoms with Crippen LogP contribution in [0.15, 0.2) is 116 Å². The van der Waals surface area contributed by atoms with Crippen LogP contribution < -0.4 is 46.8 Å². The molecule has 0 unspecified atom stereocenters. The molecule has 18 nitrogen and oxygen atoms in total. The molecule has 0 saturated carbocycles. The van der Waals surface area contributed by atoms with E-state index in [1.54, 1.807) is 48.5 Å². The number of likely N-dealkylation sites (N-methyl/N-ethyl adjacent to an activating group) is 1. The van der Waals surface area contributed by atoms with Gasteiger partial charge in [0.25, 0.3) is 11.1 Å². The third kappa shape index (κ3) is 15.2. The van der Waals surface area contributed by atoms with Crippen molar-refractivity contribution in [2.24, 2.45) is 14.1 Å². The molecule has 4 aromatic carbocycles. The van der Waals surface area contributed by atoms with Crippen molar-refractivity contribution in [2.45, 2.75) is 38.9 Å². The summed E-state index contributed by atoms with van der Waals surface area (Å²) in [5, 5.41) is 4.20. The van der Waals surface area contributed by atoms with Crippen LogP contribution in [-0.2, 0) is 40.3 Å². The zero-order valence-electron chi connectivity index (χ0n) is 41.1. The van der Waals surface area contributed by atoms with Gasteiger partial charge >= 0.3 is 36.1 Å². The highest BCUT2D eigenvalue weighted by Crippen LogP contribution is 2.32. The van der Waals surface area contributed by atoms with E-state index >= 15 is 0 Å². The average Bonchev–Trinajstić information content (AvgIpc) is 3.86. The molecule has 0 aliphatic heterocycles. The van der Waals surface area contributed by atoms with Crippen molar-refractivity contribution in [1.29, 1.82) is 0 Å². The first-order valence-corrected chi connectivity index (χ1v) is 24.0. The molecule has 28 heteroatoms. The first-order valence-electron chi connectivity index (χ1n) is 22.2. The highest BCUT2D eigenvalue weighted by atomic mass is 79.9. The van der Waals surface area contributed by atoms with Gasteiger partial charge in [0.15, 0.2) is 22.3 Å². The minimum atomic E-state index is -4.88. The summed E-state index contributed by atoms with van der Waals surface area (Å²) < 4.78 is 103. The number of hydrogen-bond donors (Lipinski definition) is 1. The third-order valence-electron chi connectivity index (χ3n) is 10.5. The van der Waals surface area contributed by atoms with Gasteiger partial charge in [-0.3, -0.25) is 37.0 Å². The number of nitrogens with one attached hydrogen (secondary N) is 1. The van der Waals surface area contributed by atoms with Crippen LogP contribution in [0.4, 0.5) is 26.3 Å². The molecule has 4 heterocycles. The standard InChI is InChI=1S/C24H23ClF3N5O4.C22H17BrClF3N4O4.C2H7N.ClH/c1-30(2)11-12-32-20-19(21(34)31(3)23(32)35)33(14-15-7-9-16(25)10-8-15)22(29-20)36-17-5-4-6-18(13-17)37-24(26,27)28;1-29-19(32)17-18(30(10-9-23)21(29)33)28-20(31(17)12-13-5-7-14(24)8-6-13)34-15-3-2-4-16(11-15)35-22(25,26)27;1-3-2;/h4-10,13H,11-12,14H2,1-3H3;2-8,11H,9-10,12H2,1H3;3H,1-2H3;1H. The monoisotopic (exact) mass is 1190 g/mol. The minimum Gasteiger partial charge on any atom is -0.425 e. The zero-order valence-corrected chi connectivity index (χ0v) is 45.0. The molecule has 0 saturated heterocycles. The summed E-state index contributed by atoms with van der Waals surface area (Å²) in [6.07, 6.45) is -9.76. The van der Waals surface area contributed by atoms with Crippen LogP contribution in [0.2, 0.25) is 10.0 Å². The second-order valence-corrected chi connectivity index (χ2v) is 18.1. The fourth-order valence-electron chi connectivity index (χ4n) is 7.14. The molecule has 0 amide bonds. The van der Waals surface area contributed by atoms with Gasteiger partial charge in [0.2, 0.25) is 0 Å². The maximum Gasteiger partial charge on any atom is 0.573 e. The van der Waals surface area contributed by atoms with E-state index in [2.05, 4.69) is 40.7 Å². The molecular formula is C48H48BrCl3F6N10O8. The summed E-state index contributed by atoms with van der Waals surface area (Å²) in [4.78, 5) is 62.7. The number of hydrogen-bond acceptors (Lipinski definition) is 12. The molecule has 1 N–H and O–H groups in total. The molecule has 76 heavy (non-hydrogen) atoms. The number of alkyl halides is 7. The number of aromatic nitrogens is 8. The Hall–Kier alpha value is -6.77. The highest BCUT2D eigenvalue weighted by molar-refractivity contribution is 9.09. The van der Waals surface area contributed by atoms with Gasteiger partial charge in [-0.15, -0.1) is 38.7 Å². The molecule has 8 rings (SSSR count). The maximum atomic E-state index is 13.2. The fourth-order valence-corrected chi connectivity index (χ4v) is 7.74. The first kappa shape index (κ1) is 60.1. The molecular weight excluding hydrogens is 1140 g/mol. The summed E-state index contributed by atoms with van der Waals surface area (Å²) in [5.74, 6) is -0.981. The molecule has 0 atom stereocenters. The van der Waals surface area contributed by atoms with Crippen LogP contribution in [0.5, 0.6) is 35.0 Å². The topological polar surface area (TPSA) is 176 Å². The molecule has 0 radical (unpaired) electrons. The quantitative estimate of drug-likeness (QED) is 0.0764. The van der Waals surface area contributed by atoms with Crippen molar-refractivity contribution in [3.8, 4) is 35.0 Å². The van der Waals surface area contributed by atoms with Crippen LogP contribution in [0.1, 0.15) is 11.1 Å². The lowest BCUT2D eigenvalue weighted by molar-refractivity contribution is -0.275. The summed E-state index contributed by atoms with van der Waals surface area (Å²) in [5.41, 5.74) is -0.426. The van der Waals surface area contributed by atoms with Crippen LogP contribution in [0.3, 0.4) is 0 Å². The molecule has 0 bridgehead atoms. The SMILES string of the molecule is CN(C)CCn1c(=O)n(C)c(=O)c2c1nc(Oc1cccc(OC(F)(F)F)c1)n2Cc1ccc(Cl)cc1.CNC.Cl.Cn1c(=O)c2c(nc(Oc3cccc(OC(F)(F)F)c3)n2Cc2ccc(Cl)cc2)n(CCBr)c1=O. The van der Waals surface area contributed by atoms with Gasteiger partial charge in [-0.2, -0.15) is 9.97 Å². The number of benzene rings is 4. The smallest absolute Gasteiger partial charge is 0.425 e. The van der Waals surface area contributed by atoms with Gasteiger partial charge in [-0.1, -0.05) is 75.5 Å². The minimum absolute atomic E-state index is 0. The number of fused-ring (bicyclic) bond motifs is 2. The van der Waals surface area contributed by atoms with Crippen LogP contribution in [0.25, 0.3) is 22.3 Å². The summed E-state index contributed by atoms with van der Waals surface area (Å²) in [6.45, 7) is 1.18. The lowest BCUT2D eigenvalue weighted by atomic mass is 10.2. The Morgan fingerprint density at radius 2 is 0.947 bits per heavy atom. The van der Waals surface area contributed by atoms with Crippen LogP contribution in [0, 0.1) is 0 Å². The Bertz CT molecular complexity index is 3530. The van der Waals surface area contributed by atoms with E-state index in [1.807, 2.05) is 33.1 Å². The number of halogens is 10. The average molecular weight is 1190 g/mol. The maximum absolute atomic E-state index is 13.2. The van der Waals surface area contributed by atoms with E-state index in [-0.39, 0.29) is 84.4 Å². The molecule has 408 valence electrons. The predicted molar refractivity (Wildman–Crippen MR) is 281 cm³/mol. The second kappa shape index (κ2) is 25.8. The van der Waals surface area contributed by atoms with Gasteiger partial charge in [0.1, 0.15) is 23.0 Å². The lowest BCUT2D eigenvalue weighted by Crippen LogP contribution is -2.40. The first-order chi connectivity index (χ1) is 35.4.